The van der Waals surface area contributed by atoms with Gasteiger partial charge in [-0.2, -0.15) is 0 Å². The largest absolute Gasteiger partial charge is 0.497 e. The molecule has 9 heteroatoms. The van der Waals surface area contributed by atoms with Crippen molar-refractivity contribution >= 4 is 18.3 Å². The molecular formula is C28H34ClN3O5. The number of ether oxygens (including phenoxy) is 4. The van der Waals surface area contributed by atoms with Crippen LogP contribution < -0.4 is 18.9 Å². The van der Waals surface area contributed by atoms with Gasteiger partial charge in [-0.05, 0) is 47.5 Å². The van der Waals surface area contributed by atoms with E-state index in [1.165, 1.54) is 0 Å². The maximum absolute atomic E-state index is 12.8. The van der Waals surface area contributed by atoms with E-state index in [0.29, 0.717) is 23.7 Å². The number of carbonyl (C=O) groups is 1. The van der Waals surface area contributed by atoms with Crippen molar-refractivity contribution in [2.24, 2.45) is 0 Å². The first kappa shape index (κ1) is 28.1. The highest BCUT2D eigenvalue weighted by molar-refractivity contribution is 5.85. The number of methoxy groups -OCH3 is 4. The number of pyridine rings is 1. The number of amides is 1. The lowest BCUT2D eigenvalue weighted by Crippen LogP contribution is -2.48. The average Bonchev–Trinajstić information content (AvgIpc) is 2.93. The Bertz CT molecular complexity index is 1160. The number of benzene rings is 2. The van der Waals surface area contributed by atoms with E-state index in [0.717, 1.165) is 60.9 Å². The summed E-state index contributed by atoms with van der Waals surface area (Å²) in [5.41, 5.74) is 3.88. The normalized spacial score (nSPS) is 13.5. The van der Waals surface area contributed by atoms with Gasteiger partial charge < -0.3 is 23.8 Å². The monoisotopic (exact) mass is 527 g/mol. The van der Waals surface area contributed by atoms with Crippen LogP contribution in [0, 0.1) is 0 Å². The number of halogens is 1. The molecule has 1 aliphatic heterocycles. The van der Waals surface area contributed by atoms with Crippen molar-refractivity contribution < 1.29 is 23.7 Å². The molecule has 198 valence electrons. The van der Waals surface area contributed by atoms with Gasteiger partial charge in [0.15, 0.2) is 11.5 Å². The number of hydrogen-bond acceptors (Lipinski definition) is 7. The maximum Gasteiger partial charge on any atom is 0.227 e. The van der Waals surface area contributed by atoms with E-state index >= 15 is 0 Å². The second-order valence-electron chi connectivity index (χ2n) is 8.65. The van der Waals surface area contributed by atoms with Gasteiger partial charge in [-0.3, -0.25) is 14.7 Å². The lowest BCUT2D eigenvalue weighted by molar-refractivity contribution is -0.132. The fraction of sp³-hybridized carbons (Fsp3) is 0.357. The maximum atomic E-state index is 12.8. The minimum absolute atomic E-state index is 0. The minimum atomic E-state index is 0. The molecule has 37 heavy (non-hydrogen) atoms. The molecule has 0 saturated carbocycles. The van der Waals surface area contributed by atoms with Gasteiger partial charge in [0.1, 0.15) is 5.75 Å². The third kappa shape index (κ3) is 6.84. The van der Waals surface area contributed by atoms with Crippen LogP contribution in [0.1, 0.15) is 11.1 Å². The molecule has 4 rings (SSSR count). The van der Waals surface area contributed by atoms with Crippen LogP contribution in [-0.4, -0.2) is 75.3 Å². The Morgan fingerprint density at radius 1 is 0.811 bits per heavy atom. The van der Waals surface area contributed by atoms with Crippen molar-refractivity contribution in [2.45, 2.75) is 13.0 Å². The molecule has 1 aliphatic rings. The van der Waals surface area contributed by atoms with E-state index in [-0.39, 0.29) is 18.3 Å². The predicted molar refractivity (Wildman–Crippen MR) is 145 cm³/mol. The van der Waals surface area contributed by atoms with Gasteiger partial charge in [0.25, 0.3) is 0 Å². The summed E-state index contributed by atoms with van der Waals surface area (Å²) in [7, 11) is 6.43. The second kappa shape index (κ2) is 13.2. The summed E-state index contributed by atoms with van der Waals surface area (Å²) in [4.78, 5) is 21.7. The summed E-state index contributed by atoms with van der Waals surface area (Å²) in [6.45, 7) is 3.90. The Hall–Kier alpha value is -3.49. The van der Waals surface area contributed by atoms with Crippen LogP contribution in [0.3, 0.4) is 0 Å². The number of hydrogen-bond donors (Lipinski definition) is 0. The van der Waals surface area contributed by atoms with E-state index in [9.17, 15) is 4.79 Å². The third-order valence-corrected chi connectivity index (χ3v) is 6.43. The van der Waals surface area contributed by atoms with E-state index in [1.807, 2.05) is 53.6 Å². The van der Waals surface area contributed by atoms with Crippen molar-refractivity contribution in [2.75, 3.05) is 54.6 Å². The number of rotatable bonds is 9. The second-order valence-corrected chi connectivity index (χ2v) is 8.65. The van der Waals surface area contributed by atoms with Gasteiger partial charge >= 0.3 is 0 Å². The fourth-order valence-corrected chi connectivity index (χ4v) is 4.40. The molecule has 8 nitrogen and oxygen atoms in total. The lowest BCUT2D eigenvalue weighted by atomic mass is 10.1. The molecule has 3 aromatic rings. The molecule has 2 aromatic carbocycles. The van der Waals surface area contributed by atoms with Crippen molar-refractivity contribution in [3.63, 3.8) is 0 Å². The van der Waals surface area contributed by atoms with E-state index in [1.54, 1.807) is 28.4 Å². The van der Waals surface area contributed by atoms with Gasteiger partial charge in [-0.1, -0.05) is 12.1 Å². The van der Waals surface area contributed by atoms with Gasteiger partial charge in [-0.25, -0.2) is 0 Å². The number of carbonyl (C=O) groups excluding carboxylic acids is 1. The van der Waals surface area contributed by atoms with E-state index in [2.05, 4.69) is 16.0 Å². The first-order valence-electron chi connectivity index (χ1n) is 11.9. The summed E-state index contributed by atoms with van der Waals surface area (Å²) in [5, 5.41) is 0. The molecule has 1 amide bonds. The van der Waals surface area contributed by atoms with Gasteiger partial charge in [0.05, 0.1) is 40.6 Å². The van der Waals surface area contributed by atoms with Crippen LogP contribution in [0.25, 0.3) is 11.3 Å². The number of nitrogens with zero attached hydrogens (tertiary/aromatic N) is 3. The standard InChI is InChI=1S/C28H33N3O5.ClH/c1-33-23-7-5-20(6-8-23)16-27(32)31-13-11-30(12-14-31)19-21-9-10-29-24(15-21)22-17-25(34-2)28(36-4)26(18-22)35-3;/h5-10,15,17-18H,11-14,16,19H2,1-4H3;1H. The van der Waals surface area contributed by atoms with Crippen LogP contribution in [0.2, 0.25) is 0 Å². The summed E-state index contributed by atoms with van der Waals surface area (Å²) in [6, 6.07) is 15.6. The quantitative estimate of drug-likeness (QED) is 0.415. The molecule has 1 saturated heterocycles. The molecule has 1 fully saturated rings. The SMILES string of the molecule is COc1ccc(CC(=O)N2CCN(Cc3ccnc(-c4cc(OC)c(OC)c(OC)c4)c3)CC2)cc1.Cl. The summed E-state index contributed by atoms with van der Waals surface area (Å²) >= 11 is 0. The molecular weight excluding hydrogens is 494 g/mol. The lowest BCUT2D eigenvalue weighted by Gasteiger charge is -2.35. The first-order valence-corrected chi connectivity index (χ1v) is 11.9. The molecule has 0 radical (unpaired) electrons. The van der Waals surface area contributed by atoms with E-state index in [4.69, 9.17) is 18.9 Å². The van der Waals surface area contributed by atoms with Crippen LogP contribution in [0.4, 0.5) is 0 Å². The molecule has 0 aliphatic carbocycles. The summed E-state index contributed by atoms with van der Waals surface area (Å²) < 4.78 is 21.6. The zero-order chi connectivity index (χ0) is 25.5. The smallest absolute Gasteiger partial charge is 0.227 e. The summed E-state index contributed by atoms with van der Waals surface area (Å²) in [5.74, 6) is 2.70. The molecule has 0 unspecified atom stereocenters. The topological polar surface area (TPSA) is 73.4 Å². The Labute approximate surface area is 224 Å². The Balaban J connectivity index is 0.00000380. The van der Waals surface area contributed by atoms with Crippen LogP contribution in [0.5, 0.6) is 23.0 Å². The average molecular weight is 528 g/mol. The highest BCUT2D eigenvalue weighted by atomic mass is 35.5. The van der Waals surface area contributed by atoms with Crippen LogP contribution in [0.15, 0.2) is 54.7 Å². The predicted octanol–water partition coefficient (Wildman–Crippen LogP) is 4.09. The van der Waals surface area contributed by atoms with Crippen LogP contribution >= 0.6 is 12.4 Å². The molecule has 2 heterocycles. The van der Waals surface area contributed by atoms with E-state index < -0.39 is 0 Å². The first-order chi connectivity index (χ1) is 17.5. The highest BCUT2D eigenvalue weighted by Gasteiger charge is 2.22. The van der Waals surface area contributed by atoms with Crippen LogP contribution in [-0.2, 0) is 17.8 Å². The van der Waals surface area contributed by atoms with Crippen molar-refractivity contribution in [1.82, 2.24) is 14.8 Å². The zero-order valence-corrected chi connectivity index (χ0v) is 22.5. The van der Waals surface area contributed by atoms with Gasteiger partial charge in [0, 0.05) is 44.5 Å². The molecule has 0 spiro atoms. The van der Waals surface area contributed by atoms with Crippen molar-refractivity contribution in [3.8, 4) is 34.3 Å². The third-order valence-electron chi connectivity index (χ3n) is 6.43. The Morgan fingerprint density at radius 3 is 2.03 bits per heavy atom. The molecule has 0 atom stereocenters. The fourth-order valence-electron chi connectivity index (χ4n) is 4.40. The van der Waals surface area contributed by atoms with Crippen molar-refractivity contribution in [1.29, 1.82) is 0 Å². The number of piperazine rings is 1. The molecule has 1 aromatic heterocycles. The highest BCUT2D eigenvalue weighted by Crippen LogP contribution is 2.40. The van der Waals surface area contributed by atoms with Gasteiger partial charge in [-0.15, -0.1) is 12.4 Å². The minimum Gasteiger partial charge on any atom is -0.497 e. The summed E-state index contributed by atoms with van der Waals surface area (Å²) in [6.07, 6.45) is 2.23. The molecule has 0 N–H and O–H groups in total. The zero-order valence-electron chi connectivity index (χ0n) is 21.7. The van der Waals surface area contributed by atoms with Crippen molar-refractivity contribution in [3.05, 3.63) is 65.9 Å². The molecule has 0 bridgehead atoms. The van der Waals surface area contributed by atoms with Gasteiger partial charge in [0.2, 0.25) is 11.7 Å². The Kier molecular flexibility index (Phi) is 10.00. The number of aromatic nitrogens is 1. The Morgan fingerprint density at radius 2 is 1.46 bits per heavy atom.